The molecule has 2 nitrogen and oxygen atoms in total. The first kappa shape index (κ1) is 11.8. The number of benzene rings is 1. The molecule has 0 radical (unpaired) electrons. The van der Waals surface area contributed by atoms with Gasteiger partial charge in [0.2, 0.25) is 0 Å². The van der Waals surface area contributed by atoms with E-state index in [9.17, 15) is 13.2 Å². The van der Waals surface area contributed by atoms with Crippen molar-refractivity contribution in [3.8, 4) is 0 Å². The van der Waals surface area contributed by atoms with Crippen LogP contribution in [0.5, 0.6) is 0 Å². The maximum atomic E-state index is 13.2. The fourth-order valence-electron chi connectivity index (χ4n) is 1.11. The minimum absolute atomic E-state index is 0.0341. The van der Waals surface area contributed by atoms with Crippen LogP contribution in [0.1, 0.15) is 5.56 Å². The van der Waals surface area contributed by atoms with Crippen LogP contribution < -0.4 is 11.1 Å². The van der Waals surface area contributed by atoms with Crippen LogP contribution in [0.4, 0.5) is 18.9 Å². The van der Waals surface area contributed by atoms with Gasteiger partial charge in [-0.15, -0.1) is 0 Å². The summed E-state index contributed by atoms with van der Waals surface area (Å²) in [7, 11) is 0. The number of alkyl halides is 2. The molecule has 1 aromatic carbocycles. The lowest BCUT2D eigenvalue weighted by molar-refractivity contribution is 0.163. The van der Waals surface area contributed by atoms with Gasteiger partial charge in [0, 0.05) is 5.69 Å². The second kappa shape index (κ2) is 4.97. The topological polar surface area (TPSA) is 38.0 Å². The van der Waals surface area contributed by atoms with Crippen LogP contribution >= 0.6 is 12.2 Å². The van der Waals surface area contributed by atoms with Crippen molar-refractivity contribution in [2.45, 2.75) is 6.43 Å². The number of rotatable bonds is 4. The van der Waals surface area contributed by atoms with E-state index in [4.69, 9.17) is 5.73 Å². The summed E-state index contributed by atoms with van der Waals surface area (Å²) in [5, 5.41) is 2.38. The number of nitrogens with one attached hydrogen (secondary N) is 1. The van der Waals surface area contributed by atoms with E-state index in [2.05, 4.69) is 17.5 Å². The minimum atomic E-state index is -2.52. The number of halogens is 3. The Morgan fingerprint density at radius 1 is 1.47 bits per heavy atom. The molecule has 1 rings (SSSR count). The molecule has 0 aliphatic heterocycles. The molecule has 0 spiro atoms. The fourth-order valence-corrected chi connectivity index (χ4v) is 1.32. The van der Waals surface area contributed by atoms with Gasteiger partial charge < -0.3 is 11.1 Å². The number of hydrogen-bond acceptors (Lipinski definition) is 2. The highest BCUT2D eigenvalue weighted by Gasteiger charge is 2.11. The third kappa shape index (κ3) is 3.09. The molecule has 0 aliphatic rings. The Labute approximate surface area is 90.3 Å². The van der Waals surface area contributed by atoms with E-state index in [1.165, 1.54) is 18.2 Å². The van der Waals surface area contributed by atoms with Crippen LogP contribution in [0.15, 0.2) is 18.2 Å². The van der Waals surface area contributed by atoms with Gasteiger partial charge in [0.05, 0.1) is 12.1 Å². The molecule has 0 saturated carbocycles. The third-order valence-corrected chi connectivity index (χ3v) is 1.91. The van der Waals surface area contributed by atoms with E-state index >= 15 is 0 Å². The highest BCUT2D eigenvalue weighted by atomic mass is 32.1. The van der Waals surface area contributed by atoms with Gasteiger partial charge >= 0.3 is 0 Å². The van der Waals surface area contributed by atoms with Crippen LogP contribution in [0.2, 0.25) is 0 Å². The van der Waals surface area contributed by atoms with Crippen molar-refractivity contribution in [2.75, 3.05) is 11.9 Å². The third-order valence-electron chi connectivity index (χ3n) is 1.71. The molecule has 6 heteroatoms. The molecule has 0 atom stereocenters. The van der Waals surface area contributed by atoms with E-state index in [1.54, 1.807) is 0 Å². The molecule has 15 heavy (non-hydrogen) atoms. The van der Waals surface area contributed by atoms with E-state index in [0.717, 1.165) is 0 Å². The number of thiocarbonyl (C=S) groups is 1. The molecule has 0 heterocycles. The van der Waals surface area contributed by atoms with Gasteiger partial charge in [0.1, 0.15) is 10.8 Å². The zero-order valence-electron chi connectivity index (χ0n) is 7.64. The Balaban J connectivity index is 2.96. The minimum Gasteiger partial charge on any atom is -0.389 e. The first-order chi connectivity index (χ1) is 7.02. The standard InChI is InChI=1S/C9H9F3N2S/c10-5-2-1-3-6(8(5)9(13)15)14-4-7(11)12/h1-3,7,14H,4H2,(H2,13,15). The van der Waals surface area contributed by atoms with Gasteiger partial charge in [0.25, 0.3) is 6.43 Å². The highest BCUT2D eigenvalue weighted by molar-refractivity contribution is 7.80. The molecule has 0 fully saturated rings. The Bertz CT molecular complexity index is 368. The number of hydrogen-bond donors (Lipinski definition) is 2. The number of nitrogens with two attached hydrogens (primary N) is 1. The summed E-state index contributed by atoms with van der Waals surface area (Å²) in [4.78, 5) is -0.162. The van der Waals surface area contributed by atoms with Crippen molar-refractivity contribution in [3.63, 3.8) is 0 Å². The first-order valence-electron chi connectivity index (χ1n) is 4.12. The molecule has 0 aromatic heterocycles. The summed E-state index contributed by atoms with van der Waals surface area (Å²) >= 11 is 4.63. The molecule has 1 aromatic rings. The Hall–Kier alpha value is -1.30. The monoisotopic (exact) mass is 234 g/mol. The summed E-state index contributed by atoms with van der Waals surface area (Å²) in [5.74, 6) is -0.623. The smallest absolute Gasteiger partial charge is 0.255 e. The van der Waals surface area contributed by atoms with Crippen LogP contribution in [0.25, 0.3) is 0 Å². The van der Waals surface area contributed by atoms with Gasteiger partial charge in [0.15, 0.2) is 0 Å². The van der Waals surface area contributed by atoms with E-state index < -0.39 is 18.8 Å². The van der Waals surface area contributed by atoms with Gasteiger partial charge in [-0.2, -0.15) is 0 Å². The van der Waals surface area contributed by atoms with Crippen molar-refractivity contribution in [2.24, 2.45) is 5.73 Å². The van der Waals surface area contributed by atoms with Crippen molar-refractivity contribution in [1.29, 1.82) is 0 Å². The Kier molecular flexibility index (Phi) is 3.90. The highest BCUT2D eigenvalue weighted by Crippen LogP contribution is 2.18. The molecule has 0 aliphatic carbocycles. The Morgan fingerprint density at radius 3 is 2.67 bits per heavy atom. The summed E-state index contributed by atoms with van der Waals surface area (Å²) in [6.45, 7) is -0.570. The lowest BCUT2D eigenvalue weighted by Gasteiger charge is -2.11. The van der Waals surface area contributed by atoms with Gasteiger partial charge in [-0.3, -0.25) is 0 Å². The predicted molar refractivity (Wildman–Crippen MR) is 56.8 cm³/mol. The lowest BCUT2D eigenvalue weighted by Crippen LogP contribution is -2.18. The van der Waals surface area contributed by atoms with Crippen LogP contribution in [0.3, 0.4) is 0 Å². The van der Waals surface area contributed by atoms with Crippen molar-refractivity contribution >= 4 is 22.9 Å². The maximum absolute atomic E-state index is 13.2. The maximum Gasteiger partial charge on any atom is 0.255 e. The summed E-state index contributed by atoms with van der Waals surface area (Å²) < 4.78 is 37.1. The molecule has 0 bridgehead atoms. The summed E-state index contributed by atoms with van der Waals surface area (Å²) in [6, 6.07) is 4.01. The van der Waals surface area contributed by atoms with Gasteiger partial charge in [-0.25, -0.2) is 13.2 Å². The summed E-state index contributed by atoms with van der Waals surface area (Å²) in [5.41, 5.74) is 5.43. The van der Waals surface area contributed by atoms with Crippen molar-refractivity contribution < 1.29 is 13.2 Å². The largest absolute Gasteiger partial charge is 0.389 e. The average molecular weight is 234 g/mol. The van der Waals surface area contributed by atoms with Crippen LogP contribution in [-0.4, -0.2) is 18.0 Å². The lowest BCUT2D eigenvalue weighted by atomic mass is 10.1. The molecular weight excluding hydrogens is 225 g/mol. The SMILES string of the molecule is NC(=S)c1c(F)cccc1NCC(F)F. The zero-order valence-corrected chi connectivity index (χ0v) is 8.45. The normalized spacial score (nSPS) is 10.4. The summed E-state index contributed by atoms with van der Waals surface area (Å²) in [6.07, 6.45) is -2.52. The fraction of sp³-hybridized carbons (Fsp3) is 0.222. The van der Waals surface area contributed by atoms with Gasteiger partial charge in [-0.05, 0) is 12.1 Å². The average Bonchev–Trinajstić information content (AvgIpc) is 2.13. The van der Waals surface area contributed by atoms with E-state index in [0.29, 0.717) is 0 Å². The van der Waals surface area contributed by atoms with E-state index in [1.807, 2.05) is 0 Å². The number of anilines is 1. The molecule has 0 unspecified atom stereocenters. The second-order valence-electron chi connectivity index (χ2n) is 2.80. The first-order valence-corrected chi connectivity index (χ1v) is 4.53. The molecular formula is C9H9F3N2S. The Morgan fingerprint density at radius 2 is 2.13 bits per heavy atom. The van der Waals surface area contributed by atoms with Crippen molar-refractivity contribution in [1.82, 2.24) is 0 Å². The molecule has 0 amide bonds. The predicted octanol–water partition coefficient (Wildman–Crippen LogP) is 2.14. The second-order valence-corrected chi connectivity index (χ2v) is 3.24. The van der Waals surface area contributed by atoms with Gasteiger partial charge in [-0.1, -0.05) is 18.3 Å². The zero-order chi connectivity index (χ0) is 11.4. The molecule has 3 N–H and O–H groups in total. The van der Waals surface area contributed by atoms with Crippen LogP contribution in [-0.2, 0) is 0 Å². The quantitative estimate of drug-likeness (QED) is 0.784. The van der Waals surface area contributed by atoms with Crippen molar-refractivity contribution in [3.05, 3.63) is 29.6 Å². The van der Waals surface area contributed by atoms with Crippen LogP contribution in [0, 0.1) is 5.82 Å². The molecule has 0 saturated heterocycles. The van der Waals surface area contributed by atoms with E-state index in [-0.39, 0.29) is 16.2 Å². The molecule has 82 valence electrons.